The average molecular weight is 479 g/mol. The minimum Gasteiger partial charge on any atom is -0.481 e. The molecule has 0 saturated carbocycles. The van der Waals surface area contributed by atoms with E-state index in [1.54, 1.807) is 32.2 Å². The molecule has 1 N–H and O–H groups in total. The first-order valence-corrected chi connectivity index (χ1v) is 11.8. The summed E-state index contributed by atoms with van der Waals surface area (Å²) in [6, 6.07) is 12.4. The van der Waals surface area contributed by atoms with Crippen LogP contribution >= 0.6 is 0 Å². The van der Waals surface area contributed by atoms with Gasteiger partial charge in [0, 0.05) is 41.7 Å². The number of halogens is 1. The van der Waals surface area contributed by atoms with Gasteiger partial charge in [0.25, 0.3) is 0 Å². The summed E-state index contributed by atoms with van der Waals surface area (Å²) in [5, 5.41) is 9.25. The van der Waals surface area contributed by atoms with Crippen LogP contribution in [-0.4, -0.2) is 38.6 Å². The Bertz CT molecular complexity index is 1200. The van der Waals surface area contributed by atoms with Gasteiger partial charge in [-0.1, -0.05) is 24.3 Å². The van der Waals surface area contributed by atoms with Gasteiger partial charge in [-0.15, -0.1) is 0 Å². The van der Waals surface area contributed by atoms with Gasteiger partial charge in [-0.3, -0.25) is 9.78 Å². The second kappa shape index (κ2) is 10.1. The number of nitrogens with zero attached hydrogens (tertiary/aromatic N) is 2. The zero-order valence-electron chi connectivity index (χ0n) is 20.4. The van der Waals surface area contributed by atoms with Crippen LogP contribution in [0.25, 0.3) is 28.5 Å². The lowest BCUT2D eigenvalue weighted by atomic mass is 9.98. The number of rotatable bonds is 7. The number of carboxylic acids is 1. The maximum absolute atomic E-state index is 13.7. The van der Waals surface area contributed by atoms with E-state index in [1.165, 1.54) is 12.1 Å². The highest BCUT2D eigenvalue weighted by atomic mass is 19.1. The predicted octanol–water partition coefficient (Wildman–Crippen LogP) is 6.34. The lowest BCUT2D eigenvalue weighted by Crippen LogP contribution is -2.44. The molecule has 6 nitrogen and oxygen atoms in total. The number of aromatic nitrogens is 2. The van der Waals surface area contributed by atoms with E-state index >= 15 is 0 Å². The van der Waals surface area contributed by atoms with Crippen molar-refractivity contribution in [2.45, 2.75) is 64.6 Å². The van der Waals surface area contributed by atoms with Gasteiger partial charge in [0.15, 0.2) is 5.79 Å². The van der Waals surface area contributed by atoms with E-state index in [2.05, 4.69) is 29.6 Å². The van der Waals surface area contributed by atoms with E-state index in [0.29, 0.717) is 6.42 Å². The number of hydrogen-bond donors (Lipinski definition) is 1. The van der Waals surface area contributed by atoms with E-state index in [-0.39, 0.29) is 24.4 Å². The Kier molecular flexibility index (Phi) is 7.19. The second-order valence-electron chi connectivity index (χ2n) is 9.51. The summed E-state index contributed by atoms with van der Waals surface area (Å²) in [5.74, 6) is -2.09. The number of aliphatic carboxylic acids is 1. The molecular weight excluding hydrogens is 447 g/mol. The van der Waals surface area contributed by atoms with E-state index in [9.17, 15) is 14.3 Å². The fourth-order valence-corrected chi connectivity index (χ4v) is 4.56. The molecule has 0 aliphatic carbocycles. The molecule has 1 saturated heterocycles. The second-order valence-corrected chi connectivity index (χ2v) is 9.51. The maximum Gasteiger partial charge on any atom is 0.305 e. The quantitative estimate of drug-likeness (QED) is 0.429. The van der Waals surface area contributed by atoms with Crippen molar-refractivity contribution in [3.8, 4) is 22.4 Å². The number of ether oxygens (including phenoxy) is 2. The van der Waals surface area contributed by atoms with Crippen LogP contribution in [0.15, 0.2) is 60.9 Å². The smallest absolute Gasteiger partial charge is 0.305 e. The van der Waals surface area contributed by atoms with E-state index in [1.807, 2.05) is 30.4 Å². The molecule has 1 fully saturated rings. The minimum absolute atomic E-state index is 0.0792. The molecule has 0 radical (unpaired) electrons. The third-order valence-corrected chi connectivity index (χ3v) is 5.95. The van der Waals surface area contributed by atoms with Crippen LogP contribution in [0, 0.1) is 5.82 Å². The molecule has 184 valence electrons. The molecule has 0 bridgehead atoms. The molecule has 3 aromatic rings. The lowest BCUT2D eigenvalue weighted by Gasteiger charge is -2.39. The van der Waals surface area contributed by atoms with Gasteiger partial charge in [0.05, 0.1) is 24.3 Å². The Labute approximate surface area is 205 Å². The predicted molar refractivity (Wildman–Crippen MR) is 133 cm³/mol. The average Bonchev–Trinajstić information content (AvgIpc) is 3.17. The molecule has 4 rings (SSSR count). The Morgan fingerprint density at radius 1 is 1.23 bits per heavy atom. The Hall–Kier alpha value is -3.29. The summed E-state index contributed by atoms with van der Waals surface area (Å²) in [6.07, 6.45) is 7.40. The molecule has 35 heavy (non-hydrogen) atoms. The summed E-state index contributed by atoms with van der Waals surface area (Å²) < 4.78 is 27.8. The lowest BCUT2D eigenvalue weighted by molar-refractivity contribution is -0.290. The van der Waals surface area contributed by atoms with Gasteiger partial charge in [-0.2, -0.15) is 0 Å². The molecule has 0 amide bonds. The van der Waals surface area contributed by atoms with Crippen LogP contribution in [0.3, 0.4) is 0 Å². The zero-order chi connectivity index (χ0) is 25.2. The molecule has 7 heteroatoms. The number of hydrogen-bond acceptors (Lipinski definition) is 4. The van der Waals surface area contributed by atoms with Crippen LogP contribution < -0.4 is 0 Å². The van der Waals surface area contributed by atoms with Crippen LogP contribution in [0.2, 0.25) is 0 Å². The number of carboxylic acid groups (broad SMARTS) is 1. The summed E-state index contributed by atoms with van der Waals surface area (Å²) in [6.45, 7) is 7.79. The fourth-order valence-electron chi connectivity index (χ4n) is 4.56. The molecular formula is C28H31FN2O4. The van der Waals surface area contributed by atoms with Gasteiger partial charge >= 0.3 is 5.97 Å². The van der Waals surface area contributed by atoms with Crippen LogP contribution in [0.5, 0.6) is 0 Å². The van der Waals surface area contributed by atoms with Crippen LogP contribution in [0.4, 0.5) is 4.39 Å². The van der Waals surface area contributed by atoms with Crippen molar-refractivity contribution in [1.82, 2.24) is 9.55 Å². The van der Waals surface area contributed by atoms with Crippen molar-refractivity contribution in [2.24, 2.45) is 0 Å². The first kappa shape index (κ1) is 24.8. The molecule has 2 aromatic heterocycles. The normalized spacial score (nSPS) is 19.9. The van der Waals surface area contributed by atoms with Crippen molar-refractivity contribution in [3.63, 3.8) is 0 Å². The minimum atomic E-state index is -0.900. The fraction of sp³-hybridized carbons (Fsp3) is 0.357. The monoisotopic (exact) mass is 478 g/mol. The highest BCUT2D eigenvalue weighted by Gasteiger charge is 2.35. The Balaban J connectivity index is 1.80. The molecule has 1 aliphatic rings. The maximum atomic E-state index is 13.7. The van der Waals surface area contributed by atoms with E-state index < -0.39 is 17.9 Å². The Morgan fingerprint density at radius 2 is 1.97 bits per heavy atom. The highest BCUT2D eigenvalue weighted by Crippen LogP contribution is 2.39. The third-order valence-electron chi connectivity index (χ3n) is 5.95. The van der Waals surface area contributed by atoms with Crippen molar-refractivity contribution >= 4 is 12.0 Å². The summed E-state index contributed by atoms with van der Waals surface area (Å²) in [5.41, 5.74) is 4.54. The molecule has 2 atom stereocenters. The topological polar surface area (TPSA) is 73.6 Å². The largest absolute Gasteiger partial charge is 0.481 e. The van der Waals surface area contributed by atoms with Crippen molar-refractivity contribution in [3.05, 3.63) is 72.4 Å². The standard InChI is InChI=1S/C28H31FN2O4/c1-18(2)31-17-23(24-7-5-6-14-30-24)27(19-8-10-20(29)11-9-19)25(31)13-12-21-15-22(16-26(32)33)35-28(3,4)34-21/h5-14,17-18,21-22H,15-16H2,1-4H3,(H,32,33). The number of carbonyl (C=O) groups is 1. The molecule has 1 aromatic carbocycles. The summed E-state index contributed by atoms with van der Waals surface area (Å²) in [4.78, 5) is 15.8. The van der Waals surface area contributed by atoms with Crippen LogP contribution in [0.1, 0.15) is 52.3 Å². The summed E-state index contributed by atoms with van der Waals surface area (Å²) in [7, 11) is 0. The van der Waals surface area contributed by atoms with Crippen molar-refractivity contribution in [2.75, 3.05) is 0 Å². The SMILES string of the molecule is CC(C)n1cc(-c2ccccn2)c(-c2ccc(F)cc2)c1C=CC1CC(CC(=O)O)OC(C)(C)O1. The van der Waals surface area contributed by atoms with Gasteiger partial charge in [0.1, 0.15) is 5.82 Å². The van der Waals surface area contributed by atoms with Gasteiger partial charge in [0.2, 0.25) is 0 Å². The molecule has 2 unspecified atom stereocenters. The summed E-state index contributed by atoms with van der Waals surface area (Å²) >= 11 is 0. The van der Waals surface area contributed by atoms with Crippen molar-refractivity contribution < 1.29 is 23.8 Å². The van der Waals surface area contributed by atoms with Gasteiger partial charge in [-0.05, 0) is 63.6 Å². The first-order chi connectivity index (χ1) is 16.6. The molecule has 0 spiro atoms. The van der Waals surface area contributed by atoms with Gasteiger partial charge in [-0.25, -0.2) is 4.39 Å². The van der Waals surface area contributed by atoms with Crippen molar-refractivity contribution in [1.29, 1.82) is 0 Å². The number of benzene rings is 1. The van der Waals surface area contributed by atoms with Crippen LogP contribution in [-0.2, 0) is 14.3 Å². The van der Waals surface area contributed by atoms with E-state index in [0.717, 1.165) is 28.1 Å². The first-order valence-electron chi connectivity index (χ1n) is 11.8. The van der Waals surface area contributed by atoms with E-state index in [4.69, 9.17) is 9.47 Å². The molecule has 1 aliphatic heterocycles. The number of pyridine rings is 1. The Morgan fingerprint density at radius 3 is 2.60 bits per heavy atom. The zero-order valence-corrected chi connectivity index (χ0v) is 20.4. The molecule has 3 heterocycles. The highest BCUT2D eigenvalue weighted by molar-refractivity contribution is 5.88. The van der Waals surface area contributed by atoms with Gasteiger partial charge < -0.3 is 19.1 Å². The third kappa shape index (κ3) is 5.86.